The zero-order chi connectivity index (χ0) is 7.40. The van der Waals surface area contributed by atoms with Gasteiger partial charge in [0.2, 0.25) is 0 Å². The average molecular weight is 247 g/mol. The molecule has 1 N–H and O–H groups in total. The zero-order valence-electron chi connectivity index (χ0n) is 5.89. The molecule has 0 amide bonds. The highest BCUT2D eigenvalue weighted by atomic mass is 127. The molecular weight excluding hydrogens is 237 g/mol. The standard InChI is InChI=1S/C8H10IN/c1-7-8(3-5-9-2)4-6-10-7/h3-6,10H,2H2,1H3/b5-3-. The summed E-state index contributed by atoms with van der Waals surface area (Å²) in [5.74, 6) is 0. The molecule has 1 nitrogen and oxygen atoms in total. The molecule has 2 heteroatoms. The lowest BCUT2D eigenvalue weighted by Gasteiger charge is -1.86. The number of aromatic amines is 1. The Balaban J connectivity index is 2.83. The molecule has 0 aliphatic carbocycles. The molecule has 54 valence electrons. The predicted molar refractivity (Wildman–Crippen MR) is 55.7 cm³/mol. The molecular formula is C8H10IN. The van der Waals surface area contributed by atoms with Gasteiger partial charge in [0, 0.05) is 11.9 Å². The summed E-state index contributed by atoms with van der Waals surface area (Å²) in [5, 5.41) is 0. The molecule has 0 fully saturated rings. The molecule has 1 rings (SSSR count). The molecule has 0 aliphatic heterocycles. The van der Waals surface area contributed by atoms with Gasteiger partial charge < -0.3 is 4.98 Å². The minimum atomic E-state index is 0.0435. The van der Waals surface area contributed by atoms with Crippen LogP contribution in [0.2, 0.25) is 0 Å². The first kappa shape index (κ1) is 7.72. The largest absolute Gasteiger partial charge is 0.365 e. The van der Waals surface area contributed by atoms with Crippen LogP contribution in [0.5, 0.6) is 0 Å². The lowest BCUT2D eigenvalue weighted by Crippen LogP contribution is -1.70. The second kappa shape index (κ2) is 3.71. The Hall–Kier alpha value is -0.380. The van der Waals surface area contributed by atoms with E-state index < -0.39 is 0 Å². The van der Waals surface area contributed by atoms with E-state index in [1.807, 2.05) is 6.20 Å². The van der Waals surface area contributed by atoms with Gasteiger partial charge in [-0.1, -0.05) is 4.51 Å². The molecule has 0 saturated heterocycles. The number of rotatable bonds is 2. The lowest BCUT2D eigenvalue weighted by molar-refractivity contribution is 1.26. The number of aryl methyl sites for hydroxylation is 1. The molecule has 0 atom stereocenters. The first-order chi connectivity index (χ1) is 4.84. The molecule has 0 saturated carbocycles. The molecule has 10 heavy (non-hydrogen) atoms. The summed E-state index contributed by atoms with van der Waals surface area (Å²) in [5.41, 5.74) is 2.51. The van der Waals surface area contributed by atoms with Gasteiger partial charge in [0.15, 0.2) is 0 Å². The van der Waals surface area contributed by atoms with Gasteiger partial charge >= 0.3 is 0 Å². The van der Waals surface area contributed by atoms with Gasteiger partial charge in [-0.3, -0.25) is 0 Å². The van der Waals surface area contributed by atoms with E-state index in [1.165, 1.54) is 11.3 Å². The molecule has 0 aromatic carbocycles. The van der Waals surface area contributed by atoms with Crippen LogP contribution in [-0.4, -0.2) is 9.50 Å². The Morgan fingerprint density at radius 2 is 2.50 bits per heavy atom. The Morgan fingerprint density at radius 1 is 1.70 bits per heavy atom. The van der Waals surface area contributed by atoms with Crippen molar-refractivity contribution < 1.29 is 0 Å². The lowest BCUT2D eigenvalue weighted by atomic mass is 10.3. The highest BCUT2D eigenvalue weighted by Gasteiger charge is 1.90. The van der Waals surface area contributed by atoms with Crippen molar-refractivity contribution in [1.82, 2.24) is 4.98 Å². The quantitative estimate of drug-likeness (QED) is 0.773. The summed E-state index contributed by atoms with van der Waals surface area (Å²) in [6.45, 7) is 2.07. The van der Waals surface area contributed by atoms with Crippen LogP contribution in [0.25, 0.3) is 6.08 Å². The molecule has 0 unspecified atom stereocenters. The van der Waals surface area contributed by atoms with E-state index in [2.05, 4.69) is 32.6 Å². The van der Waals surface area contributed by atoms with Gasteiger partial charge in [-0.25, -0.2) is 0 Å². The second-order valence-electron chi connectivity index (χ2n) is 2.00. The van der Waals surface area contributed by atoms with E-state index in [1.54, 1.807) is 0 Å². The number of nitrogens with one attached hydrogen (secondary N) is 1. The van der Waals surface area contributed by atoms with Gasteiger partial charge in [0.25, 0.3) is 0 Å². The van der Waals surface area contributed by atoms with E-state index >= 15 is 0 Å². The van der Waals surface area contributed by atoms with E-state index in [0.29, 0.717) is 0 Å². The van der Waals surface area contributed by atoms with Crippen molar-refractivity contribution in [2.24, 2.45) is 0 Å². The smallest absolute Gasteiger partial charge is 0.0189 e. The maximum Gasteiger partial charge on any atom is 0.0189 e. The van der Waals surface area contributed by atoms with Crippen molar-refractivity contribution in [3.63, 3.8) is 0 Å². The van der Waals surface area contributed by atoms with E-state index in [4.69, 9.17) is 0 Å². The van der Waals surface area contributed by atoms with Gasteiger partial charge in [-0.15, -0.1) is 20.7 Å². The first-order valence-electron chi connectivity index (χ1n) is 3.02. The van der Waals surface area contributed by atoms with Crippen molar-refractivity contribution in [3.05, 3.63) is 27.6 Å². The van der Waals surface area contributed by atoms with Crippen LogP contribution in [0.4, 0.5) is 0 Å². The monoisotopic (exact) mass is 247 g/mol. The highest BCUT2D eigenvalue weighted by Crippen LogP contribution is 2.09. The number of aromatic nitrogens is 1. The predicted octanol–water partition coefficient (Wildman–Crippen LogP) is 2.70. The van der Waals surface area contributed by atoms with Gasteiger partial charge in [0.1, 0.15) is 0 Å². The third kappa shape index (κ3) is 1.80. The summed E-state index contributed by atoms with van der Waals surface area (Å²) in [6.07, 6.45) is 4.09. The van der Waals surface area contributed by atoms with Crippen molar-refractivity contribution in [1.29, 1.82) is 0 Å². The van der Waals surface area contributed by atoms with Crippen molar-refractivity contribution in [2.75, 3.05) is 0 Å². The normalized spacial score (nSPS) is 10.9. The maximum absolute atomic E-state index is 3.83. The molecule has 0 spiro atoms. The summed E-state index contributed by atoms with van der Waals surface area (Å²) in [7, 11) is 0. The van der Waals surface area contributed by atoms with Gasteiger partial charge in [-0.05, 0) is 28.7 Å². The van der Waals surface area contributed by atoms with Crippen molar-refractivity contribution >= 4 is 31.3 Å². The summed E-state index contributed by atoms with van der Waals surface area (Å²) < 4.78 is 5.99. The summed E-state index contributed by atoms with van der Waals surface area (Å²) in [4.78, 5) is 3.12. The average Bonchev–Trinajstić information content (AvgIpc) is 2.31. The van der Waals surface area contributed by atoms with Crippen LogP contribution < -0.4 is 0 Å². The first-order valence-corrected chi connectivity index (χ1v) is 5.79. The third-order valence-electron chi connectivity index (χ3n) is 1.33. The third-order valence-corrected chi connectivity index (χ3v) is 2.20. The fourth-order valence-corrected chi connectivity index (χ4v) is 1.40. The summed E-state index contributed by atoms with van der Waals surface area (Å²) >= 11 is 0.0435. The number of hydrogen-bond donors (Lipinski definition) is 1. The van der Waals surface area contributed by atoms with E-state index in [0.717, 1.165) is 0 Å². The van der Waals surface area contributed by atoms with Crippen molar-refractivity contribution in [2.45, 2.75) is 6.92 Å². The van der Waals surface area contributed by atoms with Crippen LogP contribution in [-0.2, 0) is 0 Å². The number of H-pyrrole nitrogens is 1. The Kier molecular flexibility index (Phi) is 2.86. The molecule has 1 aromatic heterocycles. The fourth-order valence-electron chi connectivity index (χ4n) is 0.758. The van der Waals surface area contributed by atoms with Crippen molar-refractivity contribution in [3.8, 4) is 0 Å². The Morgan fingerprint density at radius 3 is 3.00 bits per heavy atom. The number of hydrogen-bond acceptors (Lipinski definition) is 0. The zero-order valence-corrected chi connectivity index (χ0v) is 8.05. The Bertz CT molecular complexity index is 248. The van der Waals surface area contributed by atoms with Crippen LogP contribution in [0.1, 0.15) is 11.3 Å². The molecule has 0 radical (unpaired) electrons. The molecule has 1 aromatic rings. The molecule has 1 heterocycles. The minimum Gasteiger partial charge on any atom is -0.365 e. The highest BCUT2D eigenvalue weighted by molar-refractivity contribution is 14.2. The fraction of sp³-hybridized carbons (Fsp3) is 0.125. The van der Waals surface area contributed by atoms with Crippen LogP contribution in [0.15, 0.2) is 16.3 Å². The SMILES string of the molecule is C=I/C=C\c1cc[nH]c1C. The second-order valence-corrected chi connectivity index (χ2v) is 3.60. The summed E-state index contributed by atoms with van der Waals surface area (Å²) in [6, 6.07) is 2.07. The minimum absolute atomic E-state index is 0.0435. The van der Waals surface area contributed by atoms with E-state index in [9.17, 15) is 0 Å². The Labute approximate surface area is 70.9 Å². The van der Waals surface area contributed by atoms with E-state index in [-0.39, 0.29) is 20.7 Å². The van der Waals surface area contributed by atoms with Crippen LogP contribution in [0, 0.1) is 6.92 Å². The maximum atomic E-state index is 3.83. The van der Waals surface area contributed by atoms with Gasteiger partial charge in [-0.2, -0.15) is 0 Å². The topological polar surface area (TPSA) is 15.8 Å². The number of halogens is 1. The van der Waals surface area contributed by atoms with Crippen LogP contribution >= 0.6 is 20.7 Å². The molecule has 0 aliphatic rings. The van der Waals surface area contributed by atoms with Gasteiger partial charge in [0.05, 0.1) is 0 Å². The van der Waals surface area contributed by atoms with Crippen LogP contribution in [0.3, 0.4) is 0 Å². The molecule has 0 bridgehead atoms.